The first kappa shape index (κ1) is 32.7. The number of β-amino-alcohol motifs (C(OH)–C–C–N with tert-alkyl or cyclic N) is 1. The summed E-state index contributed by atoms with van der Waals surface area (Å²) in [7, 11) is 0. The third-order valence-corrected chi connectivity index (χ3v) is 10.1. The van der Waals surface area contributed by atoms with Crippen molar-refractivity contribution in [2.45, 2.75) is 31.9 Å². The van der Waals surface area contributed by atoms with E-state index < -0.39 is 23.1 Å². The summed E-state index contributed by atoms with van der Waals surface area (Å²) < 4.78 is 42.7. The Morgan fingerprint density at radius 2 is 1.92 bits per heavy atom. The number of carbonyl (C=O) groups is 1. The molecule has 258 valence electrons. The minimum Gasteiger partial charge on any atom is -0.492 e. The van der Waals surface area contributed by atoms with E-state index >= 15 is 4.39 Å². The molecule has 0 spiro atoms. The van der Waals surface area contributed by atoms with E-state index in [2.05, 4.69) is 20.2 Å². The van der Waals surface area contributed by atoms with E-state index in [-0.39, 0.29) is 28.9 Å². The van der Waals surface area contributed by atoms with Crippen molar-refractivity contribution in [1.82, 2.24) is 19.4 Å². The van der Waals surface area contributed by atoms with Crippen LogP contribution in [0.2, 0.25) is 0 Å². The number of piperidine rings is 1. The minimum absolute atomic E-state index is 0.0663. The van der Waals surface area contributed by atoms with Gasteiger partial charge < -0.3 is 19.9 Å². The van der Waals surface area contributed by atoms with E-state index in [4.69, 9.17) is 9.47 Å². The molecule has 1 fully saturated rings. The summed E-state index contributed by atoms with van der Waals surface area (Å²) in [4.78, 5) is 39.2. The Morgan fingerprint density at radius 1 is 1.06 bits per heavy atom. The van der Waals surface area contributed by atoms with Crippen molar-refractivity contribution in [2.24, 2.45) is 0 Å². The molecule has 2 aliphatic heterocycles. The number of rotatable bonds is 8. The first-order chi connectivity index (χ1) is 24.8. The summed E-state index contributed by atoms with van der Waals surface area (Å²) >= 11 is 1.43. The standard InChI is InChI=1S/C38H31F2N5O5S/c39-24-4-7-26(8-5-24)45-20-23-12-15-49-35(23)34(38(45)48)37(47)43-25-6-10-31(28(40)16-25)50-32-11-13-41-30-17-33(51-36(30)32)29-9-3-22(18-42-29)19-44-14-1-2-27(46)21-44/h3-11,13,16-18,20,27,46H,1-2,12,14-15,19,21H2,(H,43,47). The minimum atomic E-state index is -0.767. The molecule has 10 nitrogen and oxygen atoms in total. The molecule has 6 heterocycles. The number of likely N-dealkylation sites (tertiary alicyclic amines) is 1. The number of nitrogens with one attached hydrogen (secondary N) is 1. The van der Waals surface area contributed by atoms with E-state index in [1.807, 2.05) is 24.4 Å². The van der Waals surface area contributed by atoms with Gasteiger partial charge >= 0.3 is 0 Å². The van der Waals surface area contributed by atoms with E-state index in [1.54, 1.807) is 18.5 Å². The van der Waals surface area contributed by atoms with Gasteiger partial charge in [-0.25, -0.2) is 8.78 Å². The SMILES string of the molecule is O=C(Nc1ccc(Oc2ccnc3cc(-c4ccc(CN5CCCC(O)C5)cn4)sc23)c(F)c1)c1c2c(cn(-c3ccc(F)cc3)c1=O)CCO2. The fourth-order valence-corrected chi connectivity index (χ4v) is 7.48. The summed E-state index contributed by atoms with van der Waals surface area (Å²) in [6.45, 7) is 2.64. The number of amides is 1. The van der Waals surface area contributed by atoms with Crippen LogP contribution in [0.5, 0.6) is 17.2 Å². The smallest absolute Gasteiger partial charge is 0.271 e. The first-order valence-electron chi connectivity index (χ1n) is 16.5. The second-order valence-electron chi connectivity index (χ2n) is 12.5. The average Bonchev–Trinajstić information content (AvgIpc) is 3.78. The maximum atomic E-state index is 15.5. The molecule has 0 bridgehead atoms. The van der Waals surface area contributed by atoms with E-state index in [0.29, 0.717) is 46.8 Å². The van der Waals surface area contributed by atoms with Crippen LogP contribution >= 0.6 is 11.3 Å². The Labute approximate surface area is 294 Å². The molecule has 1 unspecified atom stereocenters. The zero-order chi connectivity index (χ0) is 35.1. The van der Waals surface area contributed by atoms with E-state index in [9.17, 15) is 19.1 Å². The quantitative estimate of drug-likeness (QED) is 0.179. The Kier molecular flexibility index (Phi) is 8.76. The molecule has 1 atom stereocenters. The molecule has 2 aromatic carbocycles. The number of fused-ring (bicyclic) bond motifs is 2. The number of anilines is 1. The van der Waals surface area contributed by atoms with Crippen LogP contribution in [-0.2, 0) is 13.0 Å². The number of aromatic nitrogens is 3. The van der Waals surface area contributed by atoms with Gasteiger partial charge in [0.05, 0.1) is 33.5 Å². The summed E-state index contributed by atoms with van der Waals surface area (Å²) in [5, 5.41) is 12.6. The number of aliphatic hydroxyl groups excluding tert-OH is 1. The highest BCUT2D eigenvalue weighted by atomic mass is 32.1. The number of thiophene rings is 1. The zero-order valence-corrected chi connectivity index (χ0v) is 28.0. The normalized spacial score (nSPS) is 15.8. The van der Waals surface area contributed by atoms with Crippen LogP contribution in [0.25, 0.3) is 26.5 Å². The molecule has 4 aromatic heterocycles. The number of ether oxygens (including phenoxy) is 2. The van der Waals surface area contributed by atoms with Crippen LogP contribution in [0.3, 0.4) is 0 Å². The highest BCUT2D eigenvalue weighted by molar-refractivity contribution is 7.22. The van der Waals surface area contributed by atoms with Crippen molar-refractivity contribution in [3.8, 4) is 33.5 Å². The number of hydrogen-bond acceptors (Lipinski definition) is 9. The number of halogens is 2. The van der Waals surface area contributed by atoms with Gasteiger partial charge in [0, 0.05) is 67.2 Å². The largest absolute Gasteiger partial charge is 0.492 e. The van der Waals surface area contributed by atoms with Gasteiger partial charge in [-0.05, 0) is 73.5 Å². The van der Waals surface area contributed by atoms with Gasteiger partial charge in [-0.3, -0.25) is 29.0 Å². The number of nitrogens with zero attached hydrogens (tertiary/aromatic N) is 4. The number of carbonyl (C=O) groups excluding carboxylic acids is 1. The lowest BCUT2D eigenvalue weighted by molar-refractivity contribution is 0.0668. The molecule has 0 radical (unpaired) electrons. The Bertz CT molecular complexity index is 2330. The molecule has 2 aliphatic rings. The van der Waals surface area contributed by atoms with E-state index in [1.165, 1.54) is 52.3 Å². The molecule has 6 aromatic rings. The highest BCUT2D eigenvalue weighted by Gasteiger charge is 2.27. The van der Waals surface area contributed by atoms with Crippen LogP contribution in [0.4, 0.5) is 14.5 Å². The molecular weight excluding hydrogens is 677 g/mol. The predicted octanol–water partition coefficient (Wildman–Crippen LogP) is 6.72. The monoisotopic (exact) mass is 707 g/mol. The second kappa shape index (κ2) is 13.7. The lowest BCUT2D eigenvalue weighted by atomic mass is 10.1. The molecule has 1 amide bonds. The highest BCUT2D eigenvalue weighted by Crippen LogP contribution is 2.39. The lowest BCUT2D eigenvalue weighted by Gasteiger charge is -2.29. The van der Waals surface area contributed by atoms with Gasteiger partial charge in [-0.2, -0.15) is 0 Å². The van der Waals surface area contributed by atoms with Crippen molar-refractivity contribution in [3.63, 3.8) is 0 Å². The average molecular weight is 708 g/mol. The van der Waals surface area contributed by atoms with Crippen molar-refractivity contribution in [1.29, 1.82) is 0 Å². The van der Waals surface area contributed by atoms with Gasteiger partial charge in [-0.1, -0.05) is 6.07 Å². The summed E-state index contributed by atoms with van der Waals surface area (Å²) in [6.07, 6.45) is 7.04. The van der Waals surface area contributed by atoms with Crippen LogP contribution in [-0.4, -0.2) is 56.2 Å². The molecular formula is C38H31F2N5O5S. The molecule has 0 saturated carbocycles. The van der Waals surface area contributed by atoms with Crippen LogP contribution < -0.4 is 20.3 Å². The summed E-state index contributed by atoms with van der Waals surface area (Å²) in [5.41, 5.74) is 2.79. The van der Waals surface area contributed by atoms with Crippen molar-refractivity contribution in [2.75, 3.05) is 25.0 Å². The van der Waals surface area contributed by atoms with Gasteiger partial charge in [0.1, 0.15) is 22.9 Å². The molecule has 51 heavy (non-hydrogen) atoms. The topological polar surface area (TPSA) is 119 Å². The number of aliphatic hydroxyl groups is 1. The zero-order valence-electron chi connectivity index (χ0n) is 27.1. The number of benzene rings is 2. The Hall–Kier alpha value is -5.50. The summed E-state index contributed by atoms with van der Waals surface area (Å²) in [6, 6.07) is 16.9. The van der Waals surface area contributed by atoms with E-state index in [0.717, 1.165) is 48.1 Å². The number of pyridine rings is 3. The fourth-order valence-electron chi connectivity index (χ4n) is 6.44. The van der Waals surface area contributed by atoms with Crippen molar-refractivity contribution >= 4 is 33.1 Å². The molecule has 2 N–H and O–H groups in total. The third kappa shape index (κ3) is 6.70. The predicted molar refractivity (Wildman–Crippen MR) is 189 cm³/mol. The van der Waals surface area contributed by atoms with Crippen molar-refractivity contribution in [3.05, 3.63) is 124 Å². The van der Waals surface area contributed by atoms with Crippen LogP contribution in [0, 0.1) is 11.6 Å². The van der Waals surface area contributed by atoms with Gasteiger partial charge in [0.25, 0.3) is 11.5 Å². The maximum Gasteiger partial charge on any atom is 0.271 e. The Morgan fingerprint density at radius 3 is 2.71 bits per heavy atom. The third-order valence-electron chi connectivity index (χ3n) is 8.94. The lowest BCUT2D eigenvalue weighted by Crippen LogP contribution is -2.37. The van der Waals surface area contributed by atoms with Crippen LogP contribution in [0.15, 0.2) is 90.1 Å². The van der Waals surface area contributed by atoms with Gasteiger partial charge in [0.2, 0.25) is 0 Å². The molecule has 8 rings (SSSR count). The fraction of sp³-hybridized carbons (Fsp3) is 0.211. The Balaban J connectivity index is 0.996. The number of hydrogen-bond donors (Lipinski definition) is 2. The van der Waals surface area contributed by atoms with Gasteiger partial charge in [-0.15, -0.1) is 11.3 Å². The molecule has 1 saturated heterocycles. The summed E-state index contributed by atoms with van der Waals surface area (Å²) in [5.74, 6) is -1.43. The van der Waals surface area contributed by atoms with Gasteiger partial charge in [0.15, 0.2) is 11.6 Å². The van der Waals surface area contributed by atoms with Crippen LogP contribution in [0.1, 0.15) is 34.3 Å². The second-order valence-corrected chi connectivity index (χ2v) is 13.6. The first-order valence-corrected chi connectivity index (χ1v) is 17.3. The molecule has 13 heteroatoms. The molecule has 0 aliphatic carbocycles. The maximum absolute atomic E-state index is 15.5. The van der Waals surface area contributed by atoms with Crippen molar-refractivity contribution < 1.29 is 28.2 Å².